The van der Waals surface area contributed by atoms with E-state index in [0.717, 1.165) is 10.9 Å². The molecule has 0 spiro atoms. The lowest BCUT2D eigenvalue weighted by molar-refractivity contribution is 0.306. The Morgan fingerprint density at radius 2 is 1.62 bits per heavy atom. The molecule has 32 heavy (non-hydrogen) atoms. The van der Waals surface area contributed by atoms with E-state index in [9.17, 15) is 4.79 Å². The van der Waals surface area contributed by atoms with Gasteiger partial charge in [0.05, 0.1) is 19.8 Å². The van der Waals surface area contributed by atoms with Gasteiger partial charge in [-0.25, -0.2) is 4.79 Å². The number of rotatable bonds is 6. The number of halogens is 2. The molecule has 0 saturated carbocycles. The summed E-state index contributed by atoms with van der Waals surface area (Å²) >= 11 is 12.4. The average Bonchev–Trinajstić information content (AvgIpc) is 2.78. The highest BCUT2D eigenvalue weighted by molar-refractivity contribution is 6.35. The number of ether oxygens (including phenoxy) is 3. The number of hydrogen-bond acceptors (Lipinski definition) is 5. The Balaban J connectivity index is 1.70. The molecule has 3 aromatic carbocycles. The Hall–Kier alpha value is -3.15. The second kappa shape index (κ2) is 9.15. The van der Waals surface area contributed by atoms with Crippen molar-refractivity contribution in [3.05, 3.63) is 86.2 Å². The molecular weight excluding hydrogens is 451 g/mol. The minimum atomic E-state index is -0.450. The maximum absolute atomic E-state index is 12.9. The van der Waals surface area contributed by atoms with Crippen LogP contribution in [0.2, 0.25) is 10.0 Å². The molecular formula is C25H20Cl2O5. The average molecular weight is 471 g/mol. The number of hydrogen-bond donors (Lipinski definition) is 0. The molecule has 0 N–H and O–H groups in total. The Kier molecular flexibility index (Phi) is 6.31. The fourth-order valence-corrected chi connectivity index (χ4v) is 4.08. The van der Waals surface area contributed by atoms with E-state index in [1.54, 1.807) is 56.7 Å². The van der Waals surface area contributed by atoms with Gasteiger partial charge in [-0.3, -0.25) is 0 Å². The number of fused-ring (bicyclic) bond motifs is 1. The summed E-state index contributed by atoms with van der Waals surface area (Å²) in [5.41, 5.74) is 2.62. The van der Waals surface area contributed by atoms with E-state index < -0.39 is 5.63 Å². The maximum atomic E-state index is 12.9. The predicted octanol–water partition coefficient (Wildman–Crippen LogP) is 6.67. The molecule has 0 aliphatic heterocycles. The lowest BCUT2D eigenvalue weighted by atomic mass is 9.99. The van der Waals surface area contributed by atoms with Gasteiger partial charge in [-0.05, 0) is 54.4 Å². The largest absolute Gasteiger partial charge is 0.493 e. The van der Waals surface area contributed by atoms with Crippen LogP contribution in [-0.2, 0) is 6.61 Å². The molecule has 7 heteroatoms. The van der Waals surface area contributed by atoms with Crippen LogP contribution in [0.3, 0.4) is 0 Å². The van der Waals surface area contributed by atoms with Gasteiger partial charge < -0.3 is 18.6 Å². The smallest absolute Gasteiger partial charge is 0.344 e. The summed E-state index contributed by atoms with van der Waals surface area (Å²) in [4.78, 5) is 12.9. The van der Waals surface area contributed by atoms with Gasteiger partial charge in [0.2, 0.25) is 0 Å². The summed E-state index contributed by atoms with van der Waals surface area (Å²) in [6, 6.07) is 16.0. The maximum Gasteiger partial charge on any atom is 0.344 e. The van der Waals surface area contributed by atoms with Crippen LogP contribution in [0.5, 0.6) is 17.2 Å². The van der Waals surface area contributed by atoms with Crippen molar-refractivity contribution in [2.24, 2.45) is 0 Å². The molecule has 4 rings (SSSR count). The van der Waals surface area contributed by atoms with Gasteiger partial charge in [0.25, 0.3) is 0 Å². The Bertz CT molecular complexity index is 1340. The molecule has 0 atom stereocenters. The summed E-state index contributed by atoms with van der Waals surface area (Å²) in [5.74, 6) is 1.65. The molecule has 0 aliphatic rings. The Morgan fingerprint density at radius 3 is 2.31 bits per heavy atom. The summed E-state index contributed by atoms with van der Waals surface area (Å²) < 4.78 is 22.1. The van der Waals surface area contributed by atoms with Crippen LogP contribution in [0.1, 0.15) is 11.1 Å². The van der Waals surface area contributed by atoms with Crippen molar-refractivity contribution in [2.45, 2.75) is 13.5 Å². The van der Waals surface area contributed by atoms with Crippen molar-refractivity contribution < 1.29 is 18.6 Å². The molecule has 0 fully saturated rings. The summed E-state index contributed by atoms with van der Waals surface area (Å²) in [7, 11) is 3.11. The van der Waals surface area contributed by atoms with E-state index in [4.69, 9.17) is 41.8 Å². The first-order valence-electron chi connectivity index (χ1n) is 9.78. The molecule has 0 radical (unpaired) electrons. The highest BCUT2D eigenvalue weighted by Gasteiger charge is 2.16. The molecule has 5 nitrogen and oxygen atoms in total. The highest BCUT2D eigenvalue weighted by atomic mass is 35.5. The summed E-state index contributed by atoms with van der Waals surface area (Å²) in [6.07, 6.45) is 0. The monoisotopic (exact) mass is 470 g/mol. The first-order valence-corrected chi connectivity index (χ1v) is 10.5. The van der Waals surface area contributed by atoms with E-state index in [-0.39, 0.29) is 6.61 Å². The number of methoxy groups -OCH3 is 2. The fourth-order valence-electron chi connectivity index (χ4n) is 3.58. The quantitative estimate of drug-likeness (QED) is 0.294. The van der Waals surface area contributed by atoms with E-state index in [1.165, 1.54) is 0 Å². The second-order valence-electron chi connectivity index (χ2n) is 7.11. The summed E-state index contributed by atoms with van der Waals surface area (Å²) in [5, 5.41) is 1.86. The first-order chi connectivity index (χ1) is 15.4. The minimum Gasteiger partial charge on any atom is -0.493 e. The van der Waals surface area contributed by atoms with Crippen molar-refractivity contribution in [1.82, 2.24) is 0 Å². The third-order valence-corrected chi connectivity index (χ3v) is 5.96. The van der Waals surface area contributed by atoms with E-state index in [2.05, 4.69) is 0 Å². The van der Waals surface area contributed by atoms with Crippen LogP contribution in [0.15, 0.2) is 63.8 Å². The lowest BCUT2D eigenvalue weighted by Crippen LogP contribution is -2.06. The standard InChI is InChI=1S/C25H20Cl2O5/c1-14-17-9-8-16(31-13-18-19(26)5-4-6-20(18)27)12-22(17)32-25(28)24(14)15-7-10-21(29-2)23(11-15)30-3/h4-12H,13H2,1-3H3. The number of benzene rings is 3. The van der Waals surface area contributed by atoms with Crippen molar-refractivity contribution in [3.8, 4) is 28.4 Å². The van der Waals surface area contributed by atoms with Crippen LogP contribution in [0.25, 0.3) is 22.1 Å². The van der Waals surface area contributed by atoms with Crippen LogP contribution < -0.4 is 19.8 Å². The van der Waals surface area contributed by atoms with E-state index in [1.807, 2.05) is 19.1 Å². The van der Waals surface area contributed by atoms with Crippen molar-refractivity contribution in [3.63, 3.8) is 0 Å². The molecule has 164 valence electrons. The first kappa shape index (κ1) is 22.1. The molecule has 1 heterocycles. The van der Waals surface area contributed by atoms with Crippen LogP contribution in [0.4, 0.5) is 0 Å². The minimum absolute atomic E-state index is 0.191. The zero-order valence-corrected chi connectivity index (χ0v) is 19.2. The third kappa shape index (κ3) is 4.14. The van der Waals surface area contributed by atoms with Gasteiger partial charge in [0.15, 0.2) is 11.5 Å². The second-order valence-corrected chi connectivity index (χ2v) is 7.92. The predicted molar refractivity (Wildman–Crippen MR) is 127 cm³/mol. The van der Waals surface area contributed by atoms with E-state index >= 15 is 0 Å². The van der Waals surface area contributed by atoms with Crippen LogP contribution >= 0.6 is 23.2 Å². The zero-order valence-electron chi connectivity index (χ0n) is 17.7. The molecule has 0 saturated heterocycles. The van der Waals surface area contributed by atoms with Gasteiger partial charge in [-0.15, -0.1) is 0 Å². The molecule has 4 aromatic rings. The van der Waals surface area contributed by atoms with Gasteiger partial charge in [0.1, 0.15) is 17.9 Å². The highest BCUT2D eigenvalue weighted by Crippen LogP contribution is 2.35. The number of aryl methyl sites for hydroxylation is 1. The van der Waals surface area contributed by atoms with Gasteiger partial charge in [-0.2, -0.15) is 0 Å². The molecule has 0 unspecified atom stereocenters. The third-order valence-electron chi connectivity index (χ3n) is 5.26. The Morgan fingerprint density at radius 1 is 0.906 bits per heavy atom. The lowest BCUT2D eigenvalue weighted by Gasteiger charge is -2.13. The van der Waals surface area contributed by atoms with Crippen LogP contribution in [0, 0.1) is 6.92 Å². The molecule has 0 aliphatic carbocycles. The fraction of sp³-hybridized carbons (Fsp3) is 0.160. The zero-order chi connectivity index (χ0) is 22.8. The van der Waals surface area contributed by atoms with Gasteiger partial charge in [0, 0.05) is 27.1 Å². The topological polar surface area (TPSA) is 57.9 Å². The Labute approximate surface area is 195 Å². The van der Waals surface area contributed by atoms with E-state index in [0.29, 0.717) is 49.6 Å². The van der Waals surface area contributed by atoms with Crippen molar-refractivity contribution >= 4 is 34.2 Å². The van der Waals surface area contributed by atoms with Gasteiger partial charge in [-0.1, -0.05) is 35.3 Å². The van der Waals surface area contributed by atoms with Crippen molar-refractivity contribution in [1.29, 1.82) is 0 Å². The molecule has 0 amide bonds. The molecule has 1 aromatic heterocycles. The van der Waals surface area contributed by atoms with Crippen LogP contribution in [-0.4, -0.2) is 14.2 Å². The van der Waals surface area contributed by atoms with Crippen molar-refractivity contribution in [2.75, 3.05) is 14.2 Å². The molecule has 0 bridgehead atoms. The normalized spacial score (nSPS) is 10.9. The van der Waals surface area contributed by atoms with Gasteiger partial charge >= 0.3 is 5.63 Å². The summed E-state index contributed by atoms with van der Waals surface area (Å²) in [6.45, 7) is 2.08. The SMILES string of the molecule is COc1ccc(-c2c(C)c3ccc(OCc4c(Cl)cccc4Cl)cc3oc2=O)cc1OC.